The summed E-state index contributed by atoms with van der Waals surface area (Å²) in [5, 5.41) is 1.05. The van der Waals surface area contributed by atoms with Gasteiger partial charge in [0.05, 0.1) is 17.0 Å². The average molecular weight is 411 g/mol. The lowest BCUT2D eigenvalue weighted by molar-refractivity contribution is 0.207. The van der Waals surface area contributed by atoms with Crippen LogP contribution >= 0.6 is 0 Å². The van der Waals surface area contributed by atoms with Gasteiger partial charge in [0.1, 0.15) is 6.10 Å². The van der Waals surface area contributed by atoms with Crippen LogP contribution in [-0.2, 0) is 10.0 Å². The first-order chi connectivity index (χ1) is 13.8. The molecule has 1 saturated heterocycles. The second kappa shape index (κ2) is 7.43. The Morgan fingerprint density at radius 3 is 2.41 bits per heavy atom. The molecule has 0 saturated carbocycles. The molecule has 3 aromatic rings. The highest BCUT2D eigenvalue weighted by molar-refractivity contribution is 7.89. The lowest BCUT2D eigenvalue weighted by Crippen LogP contribution is -2.32. The number of ether oxygens (including phenoxy) is 1. The van der Waals surface area contributed by atoms with Crippen molar-refractivity contribution in [2.45, 2.75) is 45.1 Å². The monoisotopic (exact) mass is 410 g/mol. The van der Waals surface area contributed by atoms with Crippen molar-refractivity contribution in [2.75, 3.05) is 13.1 Å². The number of sulfonamides is 1. The number of rotatable bonds is 4. The van der Waals surface area contributed by atoms with Gasteiger partial charge in [-0.25, -0.2) is 13.4 Å². The Morgan fingerprint density at radius 2 is 1.69 bits per heavy atom. The Hall–Kier alpha value is -2.44. The predicted molar refractivity (Wildman–Crippen MR) is 115 cm³/mol. The van der Waals surface area contributed by atoms with Crippen molar-refractivity contribution in [3.8, 4) is 5.88 Å². The van der Waals surface area contributed by atoms with Crippen LogP contribution in [-0.4, -0.2) is 36.9 Å². The van der Waals surface area contributed by atoms with E-state index < -0.39 is 10.0 Å². The predicted octanol–water partition coefficient (Wildman–Crippen LogP) is 4.31. The molecule has 0 N–H and O–H groups in total. The van der Waals surface area contributed by atoms with Gasteiger partial charge in [-0.15, -0.1) is 0 Å². The molecule has 1 atom stereocenters. The minimum absolute atomic E-state index is 0.204. The summed E-state index contributed by atoms with van der Waals surface area (Å²) in [6.45, 7) is 8.48. The van der Waals surface area contributed by atoms with E-state index in [1.807, 2.05) is 70.2 Å². The van der Waals surface area contributed by atoms with Gasteiger partial charge in [-0.05, 0) is 68.5 Å². The third-order valence-corrected chi connectivity index (χ3v) is 8.00. The Morgan fingerprint density at radius 1 is 1.00 bits per heavy atom. The largest absolute Gasteiger partial charge is 0.473 e. The third-order valence-electron chi connectivity index (χ3n) is 5.86. The maximum atomic E-state index is 13.4. The number of benzene rings is 2. The van der Waals surface area contributed by atoms with Gasteiger partial charge >= 0.3 is 0 Å². The van der Waals surface area contributed by atoms with Crippen LogP contribution < -0.4 is 4.74 Å². The Balaban J connectivity index is 1.56. The fraction of sp³-hybridized carbons (Fsp3) is 0.348. The first-order valence-corrected chi connectivity index (χ1v) is 11.3. The van der Waals surface area contributed by atoms with Crippen LogP contribution in [0, 0.1) is 27.7 Å². The highest BCUT2D eigenvalue weighted by Crippen LogP contribution is 2.31. The van der Waals surface area contributed by atoms with Crippen LogP contribution in [0.15, 0.2) is 47.4 Å². The molecular weight excluding hydrogens is 384 g/mol. The van der Waals surface area contributed by atoms with Gasteiger partial charge in [-0.3, -0.25) is 0 Å². The number of fused-ring (bicyclic) bond motifs is 1. The van der Waals surface area contributed by atoms with Gasteiger partial charge in [-0.1, -0.05) is 24.3 Å². The van der Waals surface area contributed by atoms with E-state index in [0.717, 1.165) is 33.2 Å². The average Bonchev–Trinajstić information content (AvgIpc) is 3.16. The van der Waals surface area contributed by atoms with Gasteiger partial charge in [0.2, 0.25) is 15.9 Å². The molecule has 1 aliphatic rings. The molecule has 2 heterocycles. The number of nitrogens with zero attached hydrogens (tertiary/aromatic N) is 2. The molecular formula is C23H26N2O3S. The van der Waals surface area contributed by atoms with E-state index in [-0.39, 0.29) is 6.10 Å². The second-order valence-electron chi connectivity index (χ2n) is 7.82. The van der Waals surface area contributed by atoms with Gasteiger partial charge in [0, 0.05) is 18.0 Å². The Bertz CT molecular complexity index is 1160. The summed E-state index contributed by atoms with van der Waals surface area (Å²) in [4.78, 5) is 4.99. The number of hydrogen-bond donors (Lipinski definition) is 0. The molecule has 0 spiro atoms. The Kier molecular flexibility index (Phi) is 5.09. The molecule has 152 valence electrons. The van der Waals surface area contributed by atoms with E-state index in [1.165, 1.54) is 0 Å². The molecule has 29 heavy (non-hydrogen) atoms. The van der Waals surface area contributed by atoms with Crippen LogP contribution in [0.5, 0.6) is 5.88 Å². The first kappa shape index (κ1) is 19.9. The standard InChI is InChI=1S/C23H26N2O3S/c1-15-13-16(2)18(4)23(17(15)3)29(26,27)25-12-11-20(14-25)28-22-10-9-19-7-5-6-8-21(19)24-22/h5-10,13,20H,11-12,14H2,1-4H3. The van der Waals surface area contributed by atoms with E-state index in [2.05, 4.69) is 4.98 Å². The summed E-state index contributed by atoms with van der Waals surface area (Å²) in [5.74, 6) is 0.534. The molecule has 6 heteroatoms. The number of para-hydroxylation sites is 1. The van der Waals surface area contributed by atoms with Crippen molar-refractivity contribution in [1.82, 2.24) is 9.29 Å². The molecule has 2 aromatic carbocycles. The van der Waals surface area contributed by atoms with Crippen LogP contribution in [0.4, 0.5) is 0 Å². The zero-order chi connectivity index (χ0) is 20.8. The van der Waals surface area contributed by atoms with Crippen molar-refractivity contribution >= 4 is 20.9 Å². The molecule has 0 bridgehead atoms. The van der Waals surface area contributed by atoms with Crippen molar-refractivity contribution < 1.29 is 13.2 Å². The summed E-state index contributed by atoms with van der Waals surface area (Å²) < 4.78 is 34.4. The normalized spacial score (nSPS) is 17.7. The minimum atomic E-state index is -3.57. The maximum Gasteiger partial charge on any atom is 0.243 e. The van der Waals surface area contributed by atoms with Crippen molar-refractivity contribution in [3.63, 3.8) is 0 Å². The molecule has 5 nitrogen and oxygen atoms in total. The quantitative estimate of drug-likeness (QED) is 0.643. The summed E-state index contributed by atoms with van der Waals surface area (Å²) in [6.07, 6.45) is 0.446. The highest BCUT2D eigenvalue weighted by atomic mass is 32.2. The number of aromatic nitrogens is 1. The van der Waals surface area contributed by atoms with Crippen molar-refractivity contribution in [2.24, 2.45) is 0 Å². The maximum absolute atomic E-state index is 13.4. The van der Waals surface area contributed by atoms with Crippen molar-refractivity contribution in [1.29, 1.82) is 0 Å². The van der Waals surface area contributed by atoms with E-state index in [1.54, 1.807) is 4.31 Å². The summed E-state index contributed by atoms with van der Waals surface area (Å²) in [7, 11) is -3.57. The van der Waals surface area contributed by atoms with Crippen LogP contribution in [0.2, 0.25) is 0 Å². The lowest BCUT2D eigenvalue weighted by atomic mass is 10.0. The van der Waals surface area contributed by atoms with Gasteiger partial charge in [0.25, 0.3) is 0 Å². The molecule has 0 radical (unpaired) electrons. The van der Waals surface area contributed by atoms with Gasteiger partial charge in [0.15, 0.2) is 0 Å². The fourth-order valence-electron chi connectivity index (χ4n) is 3.99. The van der Waals surface area contributed by atoms with Gasteiger partial charge < -0.3 is 4.74 Å². The summed E-state index contributed by atoms with van der Waals surface area (Å²) in [6, 6.07) is 13.7. The first-order valence-electron chi connectivity index (χ1n) is 9.87. The zero-order valence-corrected chi connectivity index (χ0v) is 18.1. The van der Waals surface area contributed by atoms with Crippen LogP contribution in [0.3, 0.4) is 0 Å². The number of aryl methyl sites for hydroxylation is 2. The molecule has 1 aromatic heterocycles. The molecule has 0 amide bonds. The minimum Gasteiger partial charge on any atom is -0.473 e. The highest BCUT2D eigenvalue weighted by Gasteiger charge is 2.36. The van der Waals surface area contributed by atoms with E-state index in [9.17, 15) is 8.42 Å². The number of pyridine rings is 1. The molecule has 1 unspecified atom stereocenters. The van der Waals surface area contributed by atoms with Gasteiger partial charge in [-0.2, -0.15) is 4.31 Å². The number of hydrogen-bond acceptors (Lipinski definition) is 4. The van der Waals surface area contributed by atoms with E-state index in [4.69, 9.17) is 4.74 Å². The third kappa shape index (κ3) is 3.63. The summed E-state index contributed by atoms with van der Waals surface area (Å²) in [5.41, 5.74) is 4.52. The fourth-order valence-corrected chi connectivity index (χ4v) is 6.05. The smallest absolute Gasteiger partial charge is 0.243 e. The van der Waals surface area contributed by atoms with Crippen LogP contribution in [0.1, 0.15) is 28.7 Å². The molecule has 1 aliphatic heterocycles. The van der Waals surface area contributed by atoms with E-state index in [0.29, 0.717) is 30.3 Å². The second-order valence-corrected chi connectivity index (χ2v) is 9.70. The molecule has 4 rings (SSSR count). The SMILES string of the molecule is Cc1cc(C)c(C)c(S(=O)(=O)N2CCC(Oc3ccc4ccccc4n3)C2)c1C. The van der Waals surface area contributed by atoms with Crippen molar-refractivity contribution in [3.05, 3.63) is 64.7 Å². The summed E-state index contributed by atoms with van der Waals surface area (Å²) >= 11 is 0. The Labute approximate surface area is 172 Å². The molecule has 0 aliphatic carbocycles. The topological polar surface area (TPSA) is 59.5 Å². The molecule has 1 fully saturated rings. The lowest BCUT2D eigenvalue weighted by Gasteiger charge is -2.22. The van der Waals surface area contributed by atoms with E-state index >= 15 is 0 Å². The van der Waals surface area contributed by atoms with Crippen LogP contribution in [0.25, 0.3) is 10.9 Å². The zero-order valence-electron chi connectivity index (χ0n) is 17.3.